The highest BCUT2D eigenvalue weighted by Gasteiger charge is 2.24. The van der Waals surface area contributed by atoms with Crippen molar-refractivity contribution < 1.29 is 41.5 Å². The number of hydrogen-bond donors (Lipinski definition) is 3. The number of carbonyl (C=O) groups excluding carboxylic acids is 2. The Bertz CT molecular complexity index is 1480. The fraction of sp³-hybridized carbons (Fsp3) is 0.286. The summed E-state index contributed by atoms with van der Waals surface area (Å²) in [5.74, 6) is 0.0823. The number of benzene rings is 3. The number of nitrogens with one attached hydrogen (secondary N) is 1. The van der Waals surface area contributed by atoms with Crippen molar-refractivity contribution in [3.8, 4) is 17.2 Å². The minimum atomic E-state index is -4.35. The maximum absolute atomic E-state index is 13.1. The summed E-state index contributed by atoms with van der Waals surface area (Å²) in [5.41, 5.74) is 7.59. The first-order valence-corrected chi connectivity index (χ1v) is 14.2. The molecule has 0 saturated carbocycles. The van der Waals surface area contributed by atoms with Crippen LogP contribution in [-0.2, 0) is 45.5 Å². The molecule has 41 heavy (non-hydrogen) atoms. The highest BCUT2D eigenvalue weighted by molar-refractivity contribution is 7.87. The highest BCUT2D eigenvalue weighted by Crippen LogP contribution is 2.36. The lowest BCUT2D eigenvalue weighted by Gasteiger charge is -2.17. The van der Waals surface area contributed by atoms with Crippen LogP contribution < -0.4 is 24.7 Å². The van der Waals surface area contributed by atoms with E-state index in [2.05, 4.69) is 10.1 Å². The maximum Gasteiger partial charge on any atom is 0.403 e. The second kappa shape index (κ2) is 14.6. The first-order valence-electron chi connectivity index (χ1n) is 12.4. The number of anilines is 1. The molecule has 3 aromatic carbocycles. The molecule has 0 aromatic heterocycles. The molecule has 0 unspecified atom stereocenters. The molecular weight excluding hydrogens is 576 g/mol. The molecule has 11 nitrogen and oxygen atoms in total. The Balaban J connectivity index is 1.71. The molecule has 0 bridgehead atoms. The quantitative estimate of drug-likeness (QED) is 0.141. The van der Waals surface area contributed by atoms with E-state index >= 15 is 0 Å². The van der Waals surface area contributed by atoms with E-state index in [1.165, 1.54) is 32.4 Å². The summed E-state index contributed by atoms with van der Waals surface area (Å²) in [6.07, 6.45) is 0.724. The number of methoxy groups -OCH3 is 2. The third-order valence-corrected chi connectivity index (χ3v) is 7.44. The summed E-state index contributed by atoms with van der Waals surface area (Å²) >= 11 is 5.14. The predicted octanol–water partition coefficient (Wildman–Crippen LogP) is 3.37. The number of rotatable bonds is 14. The molecule has 4 N–H and O–H groups in total. The predicted molar refractivity (Wildman–Crippen MR) is 152 cm³/mol. The van der Waals surface area contributed by atoms with E-state index in [9.17, 15) is 23.1 Å². The zero-order chi connectivity index (χ0) is 30.0. The third kappa shape index (κ3) is 8.74. The number of aliphatic hydroxyl groups excluding tert-OH is 1. The minimum Gasteiger partial charge on any atom is -0.495 e. The number of nitrogens with two attached hydrogens (primary N) is 1. The molecule has 1 amide bonds. The molecular formula is C28H31ClN2O9S. The number of ether oxygens (including phenoxy) is 3. The lowest BCUT2D eigenvalue weighted by Crippen LogP contribution is -2.27. The molecule has 0 atom stereocenters. The normalized spacial score (nSPS) is 11.0. The van der Waals surface area contributed by atoms with Crippen molar-refractivity contribution in [1.29, 1.82) is 0 Å². The fourth-order valence-electron chi connectivity index (χ4n) is 3.99. The first kappa shape index (κ1) is 31.5. The van der Waals surface area contributed by atoms with Crippen molar-refractivity contribution in [3.05, 3.63) is 76.9 Å². The molecule has 3 aromatic rings. The van der Waals surface area contributed by atoms with Gasteiger partial charge in [0.1, 0.15) is 10.6 Å². The Hall–Kier alpha value is -4.00. The van der Waals surface area contributed by atoms with Crippen LogP contribution in [0.1, 0.15) is 22.3 Å². The lowest BCUT2D eigenvalue weighted by atomic mass is 10.0. The minimum absolute atomic E-state index is 0.0402. The van der Waals surface area contributed by atoms with Gasteiger partial charge >= 0.3 is 15.5 Å². The van der Waals surface area contributed by atoms with Crippen molar-refractivity contribution in [2.24, 2.45) is 0 Å². The molecule has 0 saturated heterocycles. The van der Waals surface area contributed by atoms with E-state index in [0.717, 1.165) is 5.56 Å². The molecule has 0 aliphatic carbocycles. The summed E-state index contributed by atoms with van der Waals surface area (Å²) in [7, 11) is -1.49. The first-order chi connectivity index (χ1) is 19.6. The van der Waals surface area contributed by atoms with E-state index in [1.54, 1.807) is 30.3 Å². The Morgan fingerprint density at radius 1 is 0.951 bits per heavy atom. The average molecular weight is 607 g/mol. The Labute approximate surface area is 243 Å². The number of aliphatic hydroxyl groups is 1. The number of halogens is 1. The van der Waals surface area contributed by atoms with Crippen LogP contribution in [-0.4, -0.2) is 52.2 Å². The summed E-state index contributed by atoms with van der Waals surface area (Å²) in [5, 5.41) is 12.9. The van der Waals surface area contributed by atoms with E-state index in [0.29, 0.717) is 42.0 Å². The average Bonchev–Trinajstić information content (AvgIpc) is 2.93. The Morgan fingerprint density at radius 3 is 2.22 bits per heavy atom. The summed E-state index contributed by atoms with van der Waals surface area (Å²) < 4.78 is 46.7. The van der Waals surface area contributed by atoms with Gasteiger partial charge in [0, 0.05) is 30.1 Å². The van der Waals surface area contributed by atoms with Gasteiger partial charge < -0.3 is 34.6 Å². The van der Waals surface area contributed by atoms with Gasteiger partial charge in [-0.1, -0.05) is 24.3 Å². The molecule has 0 spiro atoms. The van der Waals surface area contributed by atoms with Gasteiger partial charge in [-0.3, -0.25) is 4.79 Å². The van der Waals surface area contributed by atoms with Crippen LogP contribution in [0.25, 0.3) is 0 Å². The molecule has 3 rings (SSSR count). The number of amides is 1. The van der Waals surface area contributed by atoms with Gasteiger partial charge in [-0.2, -0.15) is 8.42 Å². The third-order valence-electron chi connectivity index (χ3n) is 6.09. The van der Waals surface area contributed by atoms with Crippen molar-refractivity contribution >= 4 is 38.7 Å². The summed E-state index contributed by atoms with van der Waals surface area (Å²) in [6.45, 7) is -0.232. The van der Waals surface area contributed by atoms with Gasteiger partial charge in [0.15, 0.2) is 11.5 Å². The van der Waals surface area contributed by atoms with E-state index in [1.807, 2.05) is 6.07 Å². The van der Waals surface area contributed by atoms with E-state index in [4.69, 9.17) is 31.0 Å². The van der Waals surface area contributed by atoms with Gasteiger partial charge in [-0.15, -0.1) is 0 Å². The van der Waals surface area contributed by atoms with Gasteiger partial charge in [0.25, 0.3) is 0 Å². The summed E-state index contributed by atoms with van der Waals surface area (Å²) in [4.78, 5) is 23.2. The topological polar surface area (TPSA) is 163 Å². The number of nitrogen functional groups attached to an aromatic ring is 1. The maximum atomic E-state index is 13.1. The summed E-state index contributed by atoms with van der Waals surface area (Å²) in [6, 6.07) is 14.2. The van der Waals surface area contributed by atoms with E-state index < -0.39 is 22.2 Å². The van der Waals surface area contributed by atoms with Crippen molar-refractivity contribution in [1.82, 2.24) is 5.32 Å². The molecule has 13 heteroatoms. The molecule has 220 valence electrons. The SMILES string of the molecule is COc1ccc(CCNC(=O)Cc2ccc(OC)c(OS(=O)(=O)c3ccc(CCOC(=O)Cl)cc3)c2CO)cc1N. The van der Waals surface area contributed by atoms with Gasteiger partial charge in [-0.25, -0.2) is 4.79 Å². The highest BCUT2D eigenvalue weighted by atomic mass is 35.5. The van der Waals surface area contributed by atoms with Gasteiger partial charge in [0.05, 0.1) is 39.5 Å². The second-order valence-electron chi connectivity index (χ2n) is 8.76. The van der Waals surface area contributed by atoms with Crippen LogP contribution in [0.15, 0.2) is 59.5 Å². The zero-order valence-corrected chi connectivity index (χ0v) is 24.1. The van der Waals surface area contributed by atoms with E-state index in [-0.39, 0.29) is 40.9 Å². The van der Waals surface area contributed by atoms with Crippen LogP contribution in [0.4, 0.5) is 10.5 Å². The smallest absolute Gasteiger partial charge is 0.403 e. The molecule has 0 fully saturated rings. The molecule has 0 aliphatic heterocycles. The van der Waals surface area contributed by atoms with Gasteiger partial charge in [-0.05, 0) is 53.4 Å². The van der Waals surface area contributed by atoms with Crippen LogP contribution in [0.3, 0.4) is 0 Å². The molecule has 0 aliphatic rings. The monoisotopic (exact) mass is 606 g/mol. The largest absolute Gasteiger partial charge is 0.495 e. The van der Waals surface area contributed by atoms with Crippen molar-refractivity contribution in [2.75, 3.05) is 33.1 Å². The van der Waals surface area contributed by atoms with Crippen LogP contribution >= 0.6 is 11.6 Å². The van der Waals surface area contributed by atoms with Crippen molar-refractivity contribution in [2.45, 2.75) is 30.8 Å². The van der Waals surface area contributed by atoms with Crippen LogP contribution in [0.5, 0.6) is 17.2 Å². The number of hydrogen-bond acceptors (Lipinski definition) is 10. The fourth-order valence-corrected chi connectivity index (χ4v) is 5.03. The zero-order valence-electron chi connectivity index (χ0n) is 22.5. The number of carbonyl (C=O) groups is 2. The standard InChI is InChI=1S/C28H31ClN2O9S/c1-37-24-9-5-19(15-23(24)30)11-13-31-26(33)16-20-6-10-25(38-2)27(22(20)17-32)40-41(35,36)21-7-3-18(4-8-21)12-14-39-28(29)34/h3-10,15,32H,11-14,16-17,30H2,1-2H3,(H,31,33). The molecule has 0 radical (unpaired) electrons. The van der Waals surface area contributed by atoms with Crippen molar-refractivity contribution in [3.63, 3.8) is 0 Å². The van der Waals surface area contributed by atoms with Crippen LogP contribution in [0.2, 0.25) is 0 Å². The lowest BCUT2D eigenvalue weighted by molar-refractivity contribution is -0.120. The Kier molecular flexibility index (Phi) is 11.2. The Morgan fingerprint density at radius 2 is 1.61 bits per heavy atom. The van der Waals surface area contributed by atoms with Crippen LogP contribution in [0, 0.1) is 0 Å². The van der Waals surface area contributed by atoms with Gasteiger partial charge in [0.2, 0.25) is 5.91 Å². The molecule has 0 heterocycles. The second-order valence-corrected chi connectivity index (χ2v) is 10.6.